The molecule has 6 heteroatoms. The Morgan fingerprint density at radius 3 is 2.71 bits per heavy atom. The normalized spacial score (nSPS) is 10.4. The number of benzene rings is 1. The zero-order valence-corrected chi connectivity index (χ0v) is 14.4. The average molecular weight is 368 g/mol. The monoisotopic (exact) mass is 367 g/mol. The number of nitrogen functional groups attached to an aromatic ring is 1. The fourth-order valence-electron chi connectivity index (χ4n) is 1.91. The first-order valence-corrected chi connectivity index (χ1v) is 8.17. The van der Waals surface area contributed by atoms with Crippen molar-refractivity contribution >= 4 is 44.5 Å². The van der Waals surface area contributed by atoms with Crippen molar-refractivity contribution in [3.05, 3.63) is 44.6 Å². The quantitative estimate of drug-likeness (QED) is 0.795. The van der Waals surface area contributed by atoms with Gasteiger partial charge in [0.2, 0.25) is 0 Å². The van der Waals surface area contributed by atoms with Crippen molar-refractivity contribution in [1.29, 1.82) is 0 Å². The highest BCUT2D eigenvalue weighted by Crippen LogP contribution is 2.24. The van der Waals surface area contributed by atoms with Crippen LogP contribution < -0.4 is 11.1 Å². The summed E-state index contributed by atoms with van der Waals surface area (Å²) < 4.78 is 1.13. The summed E-state index contributed by atoms with van der Waals surface area (Å²) in [6.45, 7) is 0.775. The highest BCUT2D eigenvalue weighted by molar-refractivity contribution is 9.11. The molecule has 0 saturated carbocycles. The fraction of sp³-hybridized carbons (Fsp3) is 0.267. The number of anilines is 2. The minimum Gasteiger partial charge on any atom is -0.397 e. The van der Waals surface area contributed by atoms with Crippen LogP contribution >= 0.6 is 27.3 Å². The minimum atomic E-state index is -0.0276. The lowest BCUT2D eigenvalue weighted by Gasteiger charge is -2.13. The van der Waals surface area contributed by atoms with Crippen LogP contribution in [0.15, 0.2) is 34.1 Å². The molecule has 4 nitrogen and oxygen atoms in total. The van der Waals surface area contributed by atoms with Crippen LogP contribution in [0.1, 0.15) is 15.2 Å². The van der Waals surface area contributed by atoms with Crippen LogP contribution in [-0.2, 0) is 6.42 Å². The van der Waals surface area contributed by atoms with Gasteiger partial charge in [-0.3, -0.25) is 4.79 Å². The summed E-state index contributed by atoms with van der Waals surface area (Å²) in [6.07, 6.45) is 0.918. The van der Waals surface area contributed by atoms with Crippen molar-refractivity contribution < 1.29 is 4.79 Å². The average Bonchev–Trinajstić information content (AvgIpc) is 2.85. The summed E-state index contributed by atoms with van der Waals surface area (Å²) >= 11 is 5.18. The van der Waals surface area contributed by atoms with Gasteiger partial charge in [-0.2, -0.15) is 0 Å². The van der Waals surface area contributed by atoms with Crippen molar-refractivity contribution in [2.75, 3.05) is 31.7 Å². The van der Waals surface area contributed by atoms with Crippen LogP contribution in [0.2, 0.25) is 0 Å². The Balaban J connectivity index is 2.02. The summed E-state index contributed by atoms with van der Waals surface area (Å²) in [5, 5.41) is 3.30. The second-order valence-corrected chi connectivity index (χ2v) is 7.43. The lowest BCUT2D eigenvalue weighted by molar-refractivity contribution is 0.0827. The van der Waals surface area contributed by atoms with Gasteiger partial charge in [-0.05, 0) is 52.7 Å². The van der Waals surface area contributed by atoms with Crippen LogP contribution in [0, 0.1) is 0 Å². The number of thiophene rings is 1. The molecule has 3 N–H and O–H groups in total. The summed E-state index contributed by atoms with van der Waals surface area (Å²) in [4.78, 5) is 14.8. The van der Waals surface area contributed by atoms with Gasteiger partial charge in [-0.25, -0.2) is 0 Å². The van der Waals surface area contributed by atoms with Gasteiger partial charge in [0, 0.05) is 31.1 Å². The first kappa shape index (κ1) is 15.9. The molecule has 0 aliphatic heterocycles. The third-order valence-electron chi connectivity index (χ3n) is 3.02. The SMILES string of the molecule is CN(C)C(=O)c1ccc(N)c(NCCc2ccc(Br)s2)c1. The van der Waals surface area contributed by atoms with Crippen LogP contribution in [0.3, 0.4) is 0 Å². The van der Waals surface area contributed by atoms with Gasteiger partial charge < -0.3 is 16.0 Å². The number of nitrogens with zero attached hydrogens (tertiary/aromatic N) is 1. The van der Waals surface area contributed by atoms with Crippen LogP contribution in [-0.4, -0.2) is 31.4 Å². The number of halogens is 1. The molecular weight excluding hydrogens is 350 g/mol. The molecule has 2 rings (SSSR count). The number of hydrogen-bond donors (Lipinski definition) is 2. The second-order valence-electron chi connectivity index (χ2n) is 4.88. The standard InChI is InChI=1S/C15H18BrN3OS/c1-19(2)15(20)10-3-5-12(17)13(9-10)18-8-7-11-4-6-14(16)21-11/h3-6,9,18H,7-8,17H2,1-2H3. The van der Waals surface area contributed by atoms with Crippen LogP contribution in [0.5, 0.6) is 0 Å². The second kappa shape index (κ2) is 6.95. The number of carbonyl (C=O) groups is 1. The smallest absolute Gasteiger partial charge is 0.253 e. The van der Waals surface area contributed by atoms with Crippen molar-refractivity contribution in [1.82, 2.24) is 4.90 Å². The molecule has 0 bridgehead atoms. The molecule has 21 heavy (non-hydrogen) atoms. The topological polar surface area (TPSA) is 58.4 Å². The van der Waals surface area contributed by atoms with E-state index in [-0.39, 0.29) is 5.91 Å². The highest BCUT2D eigenvalue weighted by atomic mass is 79.9. The summed E-state index contributed by atoms with van der Waals surface area (Å²) in [5.74, 6) is -0.0276. The maximum atomic E-state index is 12.0. The third-order valence-corrected chi connectivity index (χ3v) is 4.71. The molecule has 2 aromatic rings. The van der Waals surface area contributed by atoms with E-state index in [2.05, 4.69) is 27.3 Å². The number of nitrogens with two attached hydrogens (primary N) is 1. The molecule has 0 aliphatic rings. The number of carbonyl (C=O) groups excluding carboxylic acids is 1. The van der Waals surface area contributed by atoms with Gasteiger partial charge in [-0.1, -0.05) is 0 Å². The molecule has 0 spiro atoms. The molecule has 112 valence electrons. The van der Waals surface area contributed by atoms with E-state index in [4.69, 9.17) is 5.73 Å². The zero-order chi connectivity index (χ0) is 15.4. The Kier molecular flexibility index (Phi) is 5.25. The first-order valence-electron chi connectivity index (χ1n) is 6.56. The van der Waals surface area contributed by atoms with E-state index >= 15 is 0 Å². The highest BCUT2D eigenvalue weighted by Gasteiger charge is 2.10. The van der Waals surface area contributed by atoms with E-state index < -0.39 is 0 Å². The summed E-state index contributed by atoms with van der Waals surface area (Å²) in [7, 11) is 3.47. The van der Waals surface area contributed by atoms with Gasteiger partial charge in [0.05, 0.1) is 15.2 Å². The predicted molar refractivity (Wildman–Crippen MR) is 93.1 cm³/mol. The molecule has 0 radical (unpaired) electrons. The van der Waals surface area contributed by atoms with Gasteiger partial charge in [-0.15, -0.1) is 11.3 Å². The Labute approximate surface area is 137 Å². The molecule has 1 heterocycles. The zero-order valence-electron chi connectivity index (χ0n) is 12.0. The fourth-order valence-corrected chi connectivity index (χ4v) is 3.39. The van der Waals surface area contributed by atoms with Gasteiger partial charge >= 0.3 is 0 Å². The van der Waals surface area contributed by atoms with Crippen molar-refractivity contribution in [2.45, 2.75) is 6.42 Å². The largest absolute Gasteiger partial charge is 0.397 e. The van der Waals surface area contributed by atoms with Gasteiger partial charge in [0.1, 0.15) is 0 Å². The van der Waals surface area contributed by atoms with E-state index in [0.717, 1.165) is 22.4 Å². The summed E-state index contributed by atoms with van der Waals surface area (Å²) in [6, 6.07) is 9.47. The van der Waals surface area contributed by atoms with E-state index in [1.807, 2.05) is 12.1 Å². The van der Waals surface area contributed by atoms with E-state index in [1.54, 1.807) is 42.5 Å². The predicted octanol–water partition coefficient (Wildman–Crippen LogP) is 3.45. The Hall–Kier alpha value is -1.53. The summed E-state index contributed by atoms with van der Waals surface area (Å²) in [5.41, 5.74) is 8.05. The van der Waals surface area contributed by atoms with E-state index in [1.165, 1.54) is 4.88 Å². The first-order chi connectivity index (χ1) is 9.97. The molecule has 0 unspecified atom stereocenters. The minimum absolute atomic E-state index is 0.0276. The molecule has 0 atom stereocenters. The maximum Gasteiger partial charge on any atom is 0.253 e. The van der Waals surface area contributed by atoms with Crippen molar-refractivity contribution in [2.24, 2.45) is 0 Å². The molecule has 0 aliphatic carbocycles. The molecule has 1 amide bonds. The number of nitrogens with one attached hydrogen (secondary N) is 1. The lowest BCUT2D eigenvalue weighted by Crippen LogP contribution is -2.21. The number of rotatable bonds is 5. The Morgan fingerprint density at radius 1 is 1.33 bits per heavy atom. The third kappa shape index (κ3) is 4.22. The molecule has 1 aromatic carbocycles. The van der Waals surface area contributed by atoms with Crippen LogP contribution in [0.4, 0.5) is 11.4 Å². The molecule has 1 aromatic heterocycles. The van der Waals surface area contributed by atoms with Crippen LogP contribution in [0.25, 0.3) is 0 Å². The van der Waals surface area contributed by atoms with Crippen molar-refractivity contribution in [3.63, 3.8) is 0 Å². The maximum absolute atomic E-state index is 12.0. The van der Waals surface area contributed by atoms with Gasteiger partial charge in [0.25, 0.3) is 5.91 Å². The Morgan fingerprint density at radius 2 is 2.10 bits per heavy atom. The molecular formula is C15H18BrN3OS. The number of amides is 1. The number of hydrogen-bond acceptors (Lipinski definition) is 4. The molecule has 0 saturated heterocycles. The lowest BCUT2D eigenvalue weighted by atomic mass is 10.1. The van der Waals surface area contributed by atoms with E-state index in [0.29, 0.717) is 11.3 Å². The van der Waals surface area contributed by atoms with E-state index in [9.17, 15) is 4.79 Å². The molecule has 0 fully saturated rings. The van der Waals surface area contributed by atoms with Gasteiger partial charge in [0.15, 0.2) is 0 Å². The van der Waals surface area contributed by atoms with Crippen molar-refractivity contribution in [3.8, 4) is 0 Å². The Bertz CT molecular complexity index is 640.